The van der Waals surface area contributed by atoms with E-state index in [0.29, 0.717) is 17.8 Å². The molecule has 2 heterocycles. The molecular formula is C44H39N9Si. The van der Waals surface area contributed by atoms with E-state index in [1.54, 1.807) is 11.7 Å². The van der Waals surface area contributed by atoms with Crippen molar-refractivity contribution < 1.29 is 0 Å². The second-order valence-electron chi connectivity index (χ2n) is 13.2. The number of nitrogens with one attached hydrogen (secondary N) is 3. The van der Waals surface area contributed by atoms with Crippen LogP contribution in [0.4, 0.5) is 29.2 Å². The molecule has 264 valence electrons. The fraction of sp³-hybridized carbons (Fsp3) is 0.0682. The van der Waals surface area contributed by atoms with Crippen molar-refractivity contribution >= 4 is 58.0 Å². The number of nitrogens with zero attached hydrogens (tertiary/aromatic N) is 6. The van der Waals surface area contributed by atoms with E-state index in [0.717, 1.165) is 39.4 Å². The Hall–Kier alpha value is -6.91. The van der Waals surface area contributed by atoms with Gasteiger partial charge in [0.15, 0.2) is 8.07 Å². The Kier molecular flexibility index (Phi) is 9.48. The van der Waals surface area contributed by atoms with Crippen LogP contribution in [0.1, 0.15) is 11.1 Å². The summed E-state index contributed by atoms with van der Waals surface area (Å²) >= 11 is 0. The van der Waals surface area contributed by atoms with Crippen LogP contribution >= 0.6 is 0 Å². The predicted octanol–water partition coefficient (Wildman–Crippen LogP) is 6.64. The van der Waals surface area contributed by atoms with Gasteiger partial charge < -0.3 is 16.0 Å². The summed E-state index contributed by atoms with van der Waals surface area (Å²) in [5.74, 6) is 1.31. The Balaban J connectivity index is 1.04. The zero-order valence-electron chi connectivity index (χ0n) is 30.3. The number of hydrogen-bond donors (Lipinski definition) is 3. The first-order valence-corrected chi connectivity index (χ1v) is 19.8. The molecule has 0 atom stereocenters. The van der Waals surface area contributed by atoms with Crippen molar-refractivity contribution in [2.24, 2.45) is 0 Å². The molecule has 3 N–H and O–H groups in total. The molecular weight excluding hydrogens is 683 g/mol. The van der Waals surface area contributed by atoms with Gasteiger partial charge in [0.25, 0.3) is 0 Å². The molecule has 10 heteroatoms. The topological polar surface area (TPSA) is 105 Å². The van der Waals surface area contributed by atoms with Crippen LogP contribution < -0.4 is 36.7 Å². The summed E-state index contributed by atoms with van der Waals surface area (Å²) in [7, 11) is -0.820. The number of aromatic nitrogens is 6. The van der Waals surface area contributed by atoms with Crippen LogP contribution in [0.15, 0.2) is 164 Å². The summed E-state index contributed by atoms with van der Waals surface area (Å²) in [5.41, 5.74) is 6.73. The average Bonchev–Trinajstić information content (AvgIpc) is 3.70. The number of aryl methyl sites for hydroxylation is 2. The molecule has 0 fully saturated rings. The molecule has 0 saturated heterocycles. The lowest BCUT2D eigenvalue weighted by molar-refractivity contribution is 0.804. The van der Waals surface area contributed by atoms with Crippen LogP contribution in [0.5, 0.6) is 0 Å². The van der Waals surface area contributed by atoms with Gasteiger partial charge in [0.1, 0.15) is 5.69 Å². The van der Waals surface area contributed by atoms with E-state index < -0.39 is 8.07 Å². The first kappa shape index (κ1) is 34.2. The standard InChI is InChI=1S/C44H39N9Si/c1-31-27-32(2)29-35(28-31)47-44-49-42(45-3)48-43(50-44)46-34-21-23-36(24-22-34)53-30-41(51-52-53)33-19-25-40(26-20-33)54(37-13-7-4-8-14-37,38-15-9-5-10-16-38)39-17-11-6-12-18-39/h4-30H,1-3H3,(H3,45,46,47,48,49,50). The van der Waals surface area contributed by atoms with Gasteiger partial charge in [-0.15, -0.1) is 5.10 Å². The Morgan fingerprint density at radius 2 is 0.981 bits per heavy atom. The molecule has 8 rings (SSSR count). The average molecular weight is 722 g/mol. The first-order valence-electron chi connectivity index (χ1n) is 17.8. The zero-order valence-corrected chi connectivity index (χ0v) is 31.3. The van der Waals surface area contributed by atoms with Crippen LogP contribution in [0, 0.1) is 13.8 Å². The molecule has 0 unspecified atom stereocenters. The van der Waals surface area contributed by atoms with Crippen molar-refractivity contribution in [3.63, 3.8) is 0 Å². The van der Waals surface area contributed by atoms with Crippen molar-refractivity contribution in [1.82, 2.24) is 29.9 Å². The van der Waals surface area contributed by atoms with Crippen molar-refractivity contribution in [2.45, 2.75) is 13.8 Å². The quantitative estimate of drug-likeness (QED) is 0.101. The highest BCUT2D eigenvalue weighted by molar-refractivity contribution is 7.19. The van der Waals surface area contributed by atoms with Crippen LogP contribution in [-0.4, -0.2) is 45.1 Å². The van der Waals surface area contributed by atoms with Crippen LogP contribution in [0.25, 0.3) is 16.9 Å². The van der Waals surface area contributed by atoms with E-state index in [2.05, 4.69) is 189 Å². The van der Waals surface area contributed by atoms with Crippen molar-refractivity contribution in [2.75, 3.05) is 23.0 Å². The molecule has 0 aliphatic carbocycles. The summed E-state index contributed by atoms with van der Waals surface area (Å²) in [5, 5.41) is 24.0. The maximum absolute atomic E-state index is 4.61. The SMILES string of the molecule is CNc1nc(Nc2ccc(-n3cc(-c4ccc([Si](c5ccccc5)(c5ccccc5)c5ccccc5)cc4)nn3)cc2)nc(Nc2cc(C)cc(C)c2)n1. The van der Waals surface area contributed by atoms with E-state index in [1.165, 1.54) is 20.7 Å². The Bertz CT molecular complexity index is 2370. The van der Waals surface area contributed by atoms with Crippen LogP contribution in [-0.2, 0) is 0 Å². The molecule has 0 bridgehead atoms. The summed E-state index contributed by atoms with van der Waals surface area (Å²) in [4.78, 5) is 13.6. The summed E-state index contributed by atoms with van der Waals surface area (Å²) in [6, 6.07) is 55.8. The minimum absolute atomic E-state index is 0.416. The molecule has 0 aliphatic rings. The molecule has 9 nitrogen and oxygen atoms in total. The van der Waals surface area contributed by atoms with Crippen molar-refractivity contribution in [3.05, 3.63) is 175 Å². The largest absolute Gasteiger partial charge is 0.357 e. The molecule has 0 spiro atoms. The van der Waals surface area contributed by atoms with Crippen molar-refractivity contribution in [1.29, 1.82) is 0 Å². The monoisotopic (exact) mass is 721 g/mol. The second kappa shape index (κ2) is 15.0. The fourth-order valence-corrected chi connectivity index (χ4v) is 11.8. The minimum atomic E-state index is -2.60. The Morgan fingerprint density at radius 1 is 0.500 bits per heavy atom. The number of rotatable bonds is 11. The highest BCUT2D eigenvalue weighted by atomic mass is 28.3. The fourth-order valence-electron chi connectivity index (χ4n) is 7.08. The van der Waals surface area contributed by atoms with Gasteiger partial charge in [0.05, 0.1) is 11.9 Å². The minimum Gasteiger partial charge on any atom is -0.357 e. The zero-order chi connectivity index (χ0) is 36.9. The lowest BCUT2D eigenvalue weighted by atomic mass is 10.1. The molecule has 2 aromatic heterocycles. The molecule has 8 aromatic rings. The highest BCUT2D eigenvalue weighted by Gasteiger charge is 2.41. The van der Waals surface area contributed by atoms with Gasteiger partial charge in [-0.1, -0.05) is 127 Å². The van der Waals surface area contributed by atoms with Gasteiger partial charge in [-0.05, 0) is 82.1 Å². The third-order valence-corrected chi connectivity index (χ3v) is 14.2. The summed E-state index contributed by atoms with van der Waals surface area (Å²) in [6.07, 6.45) is 1.96. The van der Waals surface area contributed by atoms with Gasteiger partial charge in [-0.3, -0.25) is 0 Å². The number of benzene rings is 6. The van der Waals surface area contributed by atoms with Gasteiger partial charge >= 0.3 is 0 Å². The van der Waals surface area contributed by atoms with E-state index in [4.69, 9.17) is 0 Å². The van der Waals surface area contributed by atoms with Gasteiger partial charge in [0, 0.05) is 24.0 Å². The van der Waals surface area contributed by atoms with E-state index in [1.807, 2.05) is 30.5 Å². The summed E-state index contributed by atoms with van der Waals surface area (Å²) in [6.45, 7) is 4.13. The number of anilines is 5. The van der Waals surface area contributed by atoms with Crippen LogP contribution in [0.2, 0.25) is 0 Å². The van der Waals surface area contributed by atoms with E-state index in [9.17, 15) is 0 Å². The summed E-state index contributed by atoms with van der Waals surface area (Å²) < 4.78 is 1.79. The predicted molar refractivity (Wildman–Crippen MR) is 222 cm³/mol. The highest BCUT2D eigenvalue weighted by Crippen LogP contribution is 2.23. The van der Waals surface area contributed by atoms with E-state index in [-0.39, 0.29) is 0 Å². The molecule has 0 amide bonds. The first-order chi connectivity index (χ1) is 26.5. The number of hydrogen-bond acceptors (Lipinski definition) is 8. The third-order valence-electron chi connectivity index (χ3n) is 9.45. The van der Waals surface area contributed by atoms with Crippen molar-refractivity contribution in [3.8, 4) is 16.9 Å². The maximum Gasteiger partial charge on any atom is 0.233 e. The second-order valence-corrected chi connectivity index (χ2v) is 17.0. The molecule has 54 heavy (non-hydrogen) atoms. The maximum atomic E-state index is 4.61. The Labute approximate surface area is 315 Å². The van der Waals surface area contributed by atoms with Crippen LogP contribution in [0.3, 0.4) is 0 Å². The van der Waals surface area contributed by atoms with Gasteiger partial charge in [0.2, 0.25) is 17.8 Å². The lowest BCUT2D eigenvalue weighted by Crippen LogP contribution is -2.74. The van der Waals surface area contributed by atoms with Gasteiger partial charge in [-0.25, -0.2) is 4.68 Å². The molecule has 0 radical (unpaired) electrons. The Morgan fingerprint density at radius 3 is 1.50 bits per heavy atom. The van der Waals surface area contributed by atoms with E-state index >= 15 is 0 Å². The smallest absolute Gasteiger partial charge is 0.233 e. The normalized spacial score (nSPS) is 11.2. The molecule has 0 aliphatic heterocycles. The lowest BCUT2D eigenvalue weighted by Gasteiger charge is -2.34. The molecule has 6 aromatic carbocycles. The molecule has 0 saturated carbocycles. The third kappa shape index (κ3) is 6.98. The van der Waals surface area contributed by atoms with Gasteiger partial charge in [-0.2, -0.15) is 15.0 Å².